The molecule has 0 spiro atoms. The lowest BCUT2D eigenvalue weighted by molar-refractivity contribution is 0.117. The second-order valence-electron chi connectivity index (χ2n) is 4.85. The standard InChI is InChI=1S/C16H17NO2/c18-17-16-8-4-5-12-11-14(9-10-15(12)16)19-13-6-2-1-3-7-13/h1-3,6-7,9-11,16-18H,4-5,8H2. The molecule has 2 aromatic rings. The van der Waals surface area contributed by atoms with Gasteiger partial charge in [0.15, 0.2) is 0 Å². The molecule has 0 fully saturated rings. The Balaban J connectivity index is 1.85. The molecule has 1 unspecified atom stereocenters. The summed E-state index contributed by atoms with van der Waals surface area (Å²) >= 11 is 0. The zero-order valence-electron chi connectivity index (χ0n) is 10.7. The highest BCUT2D eigenvalue weighted by Gasteiger charge is 2.19. The van der Waals surface area contributed by atoms with Gasteiger partial charge in [0.2, 0.25) is 0 Å². The topological polar surface area (TPSA) is 41.5 Å². The molecule has 2 aromatic carbocycles. The van der Waals surface area contributed by atoms with Gasteiger partial charge in [0.1, 0.15) is 11.5 Å². The molecular weight excluding hydrogens is 238 g/mol. The number of rotatable bonds is 3. The summed E-state index contributed by atoms with van der Waals surface area (Å²) in [6.45, 7) is 0. The molecule has 19 heavy (non-hydrogen) atoms. The van der Waals surface area contributed by atoms with Gasteiger partial charge in [-0.25, -0.2) is 0 Å². The van der Waals surface area contributed by atoms with Crippen LogP contribution in [-0.4, -0.2) is 5.21 Å². The Labute approximate surface area is 112 Å². The molecule has 1 atom stereocenters. The number of hydrogen-bond donors (Lipinski definition) is 2. The van der Waals surface area contributed by atoms with Crippen LogP contribution in [0.15, 0.2) is 48.5 Å². The largest absolute Gasteiger partial charge is 0.457 e. The van der Waals surface area contributed by atoms with Crippen molar-refractivity contribution >= 4 is 0 Å². The Morgan fingerprint density at radius 3 is 2.68 bits per heavy atom. The number of hydrogen-bond acceptors (Lipinski definition) is 3. The Bertz CT molecular complexity index is 554. The van der Waals surface area contributed by atoms with Gasteiger partial charge >= 0.3 is 0 Å². The number of fused-ring (bicyclic) bond motifs is 1. The normalized spacial score (nSPS) is 17.8. The predicted octanol–water partition coefficient (Wildman–Crippen LogP) is 3.84. The van der Waals surface area contributed by atoms with Crippen LogP contribution in [0.3, 0.4) is 0 Å². The highest BCUT2D eigenvalue weighted by Crippen LogP contribution is 2.33. The summed E-state index contributed by atoms with van der Waals surface area (Å²) < 4.78 is 5.83. The molecule has 1 aliphatic rings. The van der Waals surface area contributed by atoms with Crippen LogP contribution in [0.4, 0.5) is 0 Å². The first-order chi connectivity index (χ1) is 9.36. The number of nitrogens with one attached hydrogen (secondary N) is 1. The Hall–Kier alpha value is -1.84. The van der Waals surface area contributed by atoms with Crippen LogP contribution in [0.5, 0.6) is 11.5 Å². The van der Waals surface area contributed by atoms with Crippen molar-refractivity contribution in [3.63, 3.8) is 0 Å². The molecule has 0 radical (unpaired) electrons. The fourth-order valence-corrected chi connectivity index (χ4v) is 2.61. The van der Waals surface area contributed by atoms with E-state index < -0.39 is 0 Å². The van der Waals surface area contributed by atoms with Gasteiger partial charge in [-0.3, -0.25) is 0 Å². The lowest BCUT2D eigenvalue weighted by atomic mass is 9.88. The minimum Gasteiger partial charge on any atom is -0.457 e. The SMILES string of the molecule is ONC1CCCc2cc(Oc3ccccc3)ccc21. The number of benzene rings is 2. The third kappa shape index (κ3) is 2.62. The maximum absolute atomic E-state index is 9.16. The summed E-state index contributed by atoms with van der Waals surface area (Å²) in [5, 5.41) is 9.16. The molecule has 3 heteroatoms. The molecule has 2 N–H and O–H groups in total. The lowest BCUT2D eigenvalue weighted by Crippen LogP contribution is -2.21. The number of ether oxygens (including phenoxy) is 1. The van der Waals surface area contributed by atoms with Gasteiger partial charge in [-0.1, -0.05) is 24.3 Å². The average Bonchev–Trinajstić information content (AvgIpc) is 2.47. The van der Waals surface area contributed by atoms with Gasteiger partial charge < -0.3 is 9.94 Å². The predicted molar refractivity (Wildman–Crippen MR) is 73.6 cm³/mol. The van der Waals surface area contributed by atoms with E-state index in [1.54, 1.807) is 0 Å². The van der Waals surface area contributed by atoms with Crippen LogP contribution < -0.4 is 10.2 Å². The molecule has 1 aliphatic carbocycles. The maximum Gasteiger partial charge on any atom is 0.127 e. The lowest BCUT2D eigenvalue weighted by Gasteiger charge is -2.24. The first-order valence-corrected chi connectivity index (χ1v) is 6.62. The molecule has 0 bridgehead atoms. The molecule has 98 valence electrons. The van der Waals surface area contributed by atoms with Crippen LogP contribution in [0.1, 0.15) is 30.0 Å². The van der Waals surface area contributed by atoms with Gasteiger partial charge in [-0.2, -0.15) is 5.48 Å². The number of hydroxylamine groups is 1. The van der Waals surface area contributed by atoms with Crippen molar-refractivity contribution in [1.82, 2.24) is 5.48 Å². The highest BCUT2D eigenvalue weighted by molar-refractivity contribution is 5.41. The summed E-state index contributed by atoms with van der Waals surface area (Å²) in [6.07, 6.45) is 3.10. The molecule has 0 aromatic heterocycles. The van der Waals surface area contributed by atoms with E-state index in [1.807, 2.05) is 42.5 Å². The van der Waals surface area contributed by atoms with Crippen LogP contribution in [0.2, 0.25) is 0 Å². The van der Waals surface area contributed by atoms with Gasteiger partial charge in [0, 0.05) is 0 Å². The molecule has 0 amide bonds. The third-order valence-corrected chi connectivity index (χ3v) is 3.56. The minimum atomic E-state index is 0.0505. The summed E-state index contributed by atoms with van der Waals surface area (Å²) in [5.74, 6) is 1.69. The average molecular weight is 255 g/mol. The van der Waals surface area contributed by atoms with E-state index in [2.05, 4.69) is 11.5 Å². The fourth-order valence-electron chi connectivity index (χ4n) is 2.61. The molecule has 0 saturated heterocycles. The van der Waals surface area contributed by atoms with Crippen molar-refractivity contribution in [2.24, 2.45) is 0 Å². The van der Waals surface area contributed by atoms with E-state index in [4.69, 9.17) is 9.94 Å². The first kappa shape index (κ1) is 12.2. The monoisotopic (exact) mass is 255 g/mol. The van der Waals surface area contributed by atoms with Gasteiger partial charge in [0.05, 0.1) is 6.04 Å². The summed E-state index contributed by atoms with van der Waals surface area (Å²) in [5.41, 5.74) is 4.82. The van der Waals surface area contributed by atoms with Crippen LogP contribution in [-0.2, 0) is 6.42 Å². The number of aryl methyl sites for hydroxylation is 1. The van der Waals surface area contributed by atoms with E-state index >= 15 is 0 Å². The maximum atomic E-state index is 9.16. The first-order valence-electron chi connectivity index (χ1n) is 6.62. The zero-order valence-corrected chi connectivity index (χ0v) is 10.7. The number of para-hydroxylation sites is 1. The van der Waals surface area contributed by atoms with Gasteiger partial charge in [-0.15, -0.1) is 0 Å². The van der Waals surface area contributed by atoms with Crippen molar-refractivity contribution in [1.29, 1.82) is 0 Å². The summed E-state index contributed by atoms with van der Waals surface area (Å²) in [6, 6.07) is 15.9. The van der Waals surface area contributed by atoms with Crippen molar-refractivity contribution in [2.45, 2.75) is 25.3 Å². The molecule has 0 saturated carbocycles. The highest BCUT2D eigenvalue weighted by atomic mass is 16.5. The van der Waals surface area contributed by atoms with E-state index in [-0.39, 0.29) is 6.04 Å². The molecular formula is C16H17NO2. The molecule has 3 nitrogen and oxygen atoms in total. The van der Waals surface area contributed by atoms with Gasteiger partial charge in [-0.05, 0) is 54.7 Å². The second-order valence-corrected chi connectivity index (χ2v) is 4.85. The fraction of sp³-hybridized carbons (Fsp3) is 0.250. The molecule has 0 heterocycles. The molecule has 0 aliphatic heterocycles. The van der Waals surface area contributed by atoms with Crippen LogP contribution >= 0.6 is 0 Å². The quantitative estimate of drug-likeness (QED) is 0.819. The second kappa shape index (κ2) is 5.43. The van der Waals surface area contributed by atoms with E-state index in [0.717, 1.165) is 30.8 Å². The Morgan fingerprint density at radius 2 is 1.89 bits per heavy atom. The molecule has 3 rings (SSSR count). The summed E-state index contributed by atoms with van der Waals surface area (Å²) in [4.78, 5) is 0. The van der Waals surface area contributed by atoms with Crippen molar-refractivity contribution in [2.75, 3.05) is 0 Å². The van der Waals surface area contributed by atoms with Gasteiger partial charge in [0.25, 0.3) is 0 Å². The van der Waals surface area contributed by atoms with Crippen LogP contribution in [0, 0.1) is 0 Å². The Morgan fingerprint density at radius 1 is 1.05 bits per heavy atom. The van der Waals surface area contributed by atoms with Crippen molar-refractivity contribution in [3.05, 3.63) is 59.7 Å². The summed E-state index contributed by atoms with van der Waals surface area (Å²) in [7, 11) is 0. The minimum absolute atomic E-state index is 0.0505. The van der Waals surface area contributed by atoms with Crippen molar-refractivity contribution < 1.29 is 9.94 Å². The van der Waals surface area contributed by atoms with Crippen LogP contribution in [0.25, 0.3) is 0 Å². The van der Waals surface area contributed by atoms with E-state index in [9.17, 15) is 0 Å². The smallest absolute Gasteiger partial charge is 0.127 e. The van der Waals surface area contributed by atoms with E-state index in [1.165, 1.54) is 11.1 Å². The zero-order chi connectivity index (χ0) is 13.1. The van der Waals surface area contributed by atoms with Crippen molar-refractivity contribution in [3.8, 4) is 11.5 Å². The Kier molecular flexibility index (Phi) is 3.49. The third-order valence-electron chi connectivity index (χ3n) is 3.56. The van der Waals surface area contributed by atoms with E-state index in [0.29, 0.717) is 0 Å².